The third-order valence-electron chi connectivity index (χ3n) is 8.89. The Balaban J connectivity index is -0.000000196. The van der Waals surface area contributed by atoms with Crippen LogP contribution in [0.1, 0.15) is 134 Å². The first-order chi connectivity index (χ1) is 17.5. The summed E-state index contributed by atoms with van der Waals surface area (Å²) in [7, 11) is -1.35. The summed E-state index contributed by atoms with van der Waals surface area (Å²) in [6.07, 6.45) is 8.27. The molecule has 0 aliphatic carbocycles. The van der Waals surface area contributed by atoms with Crippen molar-refractivity contribution in [1.29, 1.82) is 0 Å². The van der Waals surface area contributed by atoms with Crippen LogP contribution in [0.25, 0.3) is 0 Å². The molecule has 0 saturated carbocycles. The summed E-state index contributed by atoms with van der Waals surface area (Å²) < 4.78 is 0. The number of rotatable bonds is 16. The average molecular weight is 847 g/mol. The van der Waals surface area contributed by atoms with Crippen LogP contribution in [0.3, 0.4) is 0 Å². The van der Waals surface area contributed by atoms with Gasteiger partial charge in [-0.1, -0.05) is 134 Å². The first kappa shape index (κ1) is 54.4. The molecule has 41 heavy (non-hydrogen) atoms. The first-order valence-corrected chi connectivity index (χ1v) is 24.2. The van der Waals surface area contributed by atoms with Crippen LogP contribution in [0, 0.1) is 23.7 Å². The van der Waals surface area contributed by atoms with Gasteiger partial charge >= 0.3 is 58.4 Å². The molecule has 0 radical (unpaired) electrons. The zero-order valence-corrected chi connectivity index (χ0v) is 42.5. The fourth-order valence-electron chi connectivity index (χ4n) is 6.09. The summed E-state index contributed by atoms with van der Waals surface area (Å²) in [5.74, 6) is 1.85. The minimum atomic E-state index is -3.69. The van der Waals surface area contributed by atoms with E-state index in [1.54, 1.807) is 0 Å². The van der Waals surface area contributed by atoms with E-state index in [4.69, 9.17) is 24.5 Å². The Labute approximate surface area is 310 Å². The van der Waals surface area contributed by atoms with Gasteiger partial charge in [-0.15, -0.1) is 0 Å². The molecule has 0 saturated heterocycles. The smallest absolute Gasteiger partial charge is 0.854 e. The Bertz CT molecular complexity index is 634. The van der Waals surface area contributed by atoms with Crippen molar-refractivity contribution in [1.82, 2.24) is 0 Å². The SMILES string of the molecule is CCC(CC)C(C)S(C(C)C(CC)CC)=P([O-])([O-])[S-].CCC(CC)C(C)S(C(C)C(CC)CC)=P([O-])([O-])[S-].[Zn+2].[Zn+2].[Zn+2]. The fourth-order valence-corrected chi connectivity index (χ4v) is 24.0. The van der Waals surface area contributed by atoms with E-state index in [0.29, 0.717) is 23.7 Å². The quantitative estimate of drug-likeness (QED) is 0.102. The zero-order valence-electron chi connectivity index (χ0n) is 28.6. The van der Waals surface area contributed by atoms with E-state index in [-0.39, 0.29) is 79.4 Å². The molecule has 0 aromatic rings. The van der Waals surface area contributed by atoms with Gasteiger partial charge < -0.3 is 55.5 Å². The van der Waals surface area contributed by atoms with Gasteiger partial charge in [0.25, 0.3) is 0 Å². The molecular weight excluding hydrogens is 787 g/mol. The Morgan fingerprint density at radius 3 is 0.610 bits per heavy atom. The van der Waals surface area contributed by atoms with Crippen LogP contribution in [0.4, 0.5) is 0 Å². The molecule has 0 aromatic carbocycles. The van der Waals surface area contributed by atoms with Gasteiger partial charge in [0.2, 0.25) is 0 Å². The molecule has 4 nitrogen and oxygen atoms in total. The molecule has 0 bridgehead atoms. The molecule has 0 aliphatic rings. The Hall–Kier alpha value is 3.97. The van der Waals surface area contributed by atoms with Crippen LogP contribution < -0.4 is 19.6 Å². The van der Waals surface area contributed by atoms with Crippen molar-refractivity contribution in [3.05, 3.63) is 0 Å². The maximum atomic E-state index is 12.1. The van der Waals surface area contributed by atoms with Gasteiger partial charge in [0.1, 0.15) is 0 Å². The molecule has 236 valence electrons. The molecule has 0 N–H and O–H groups in total. The maximum absolute atomic E-state index is 12.1. The van der Waals surface area contributed by atoms with Gasteiger partial charge in [0.15, 0.2) is 0 Å². The van der Waals surface area contributed by atoms with E-state index >= 15 is 0 Å². The molecule has 0 heterocycles. The average Bonchev–Trinajstić information content (AvgIpc) is 2.81. The number of hydrogen-bond acceptors (Lipinski definition) is 6. The van der Waals surface area contributed by atoms with Gasteiger partial charge in [-0.25, -0.2) is 20.1 Å². The van der Waals surface area contributed by atoms with Crippen molar-refractivity contribution in [3.63, 3.8) is 0 Å². The Morgan fingerprint density at radius 1 is 0.415 bits per heavy atom. The van der Waals surface area contributed by atoms with Gasteiger partial charge in [-0.2, -0.15) is 0 Å². The van der Waals surface area contributed by atoms with E-state index in [1.807, 2.05) is 0 Å². The Kier molecular flexibility index (Phi) is 37.0. The van der Waals surface area contributed by atoms with Crippen molar-refractivity contribution in [2.24, 2.45) is 23.7 Å². The second kappa shape index (κ2) is 27.9. The predicted molar refractivity (Wildman–Crippen MR) is 177 cm³/mol. The largest absolute Gasteiger partial charge is 2.00 e. The normalized spacial score (nSPS) is 16.5. The fraction of sp³-hybridized carbons (Fsp3) is 1.00. The molecule has 4 unspecified atom stereocenters. The van der Waals surface area contributed by atoms with Crippen LogP contribution in [0.15, 0.2) is 0 Å². The molecular formula is C28H60O4P2S4Zn3. The third-order valence-corrected chi connectivity index (χ3v) is 24.7. The summed E-state index contributed by atoms with van der Waals surface area (Å²) in [5.41, 5.74) is -7.38. The van der Waals surface area contributed by atoms with E-state index < -0.39 is 31.5 Å². The van der Waals surface area contributed by atoms with Crippen molar-refractivity contribution >= 4 is 56.0 Å². The van der Waals surface area contributed by atoms with Gasteiger partial charge in [0, 0.05) is 0 Å². The third kappa shape index (κ3) is 18.9. The van der Waals surface area contributed by atoms with Crippen molar-refractivity contribution in [2.75, 3.05) is 0 Å². The van der Waals surface area contributed by atoms with Crippen molar-refractivity contribution in [3.8, 4) is 0 Å². The van der Waals surface area contributed by atoms with Crippen LogP contribution in [0.5, 0.6) is 0 Å². The van der Waals surface area contributed by atoms with Crippen molar-refractivity contribution in [2.45, 2.75) is 155 Å². The van der Waals surface area contributed by atoms with Gasteiger partial charge in [-0.05, 0) is 44.7 Å². The van der Waals surface area contributed by atoms with E-state index in [9.17, 15) is 19.6 Å². The first-order valence-electron chi connectivity index (χ1n) is 15.0. The molecule has 0 fully saturated rings. The minimum absolute atomic E-state index is 0. The molecule has 0 aromatic heterocycles. The van der Waals surface area contributed by atoms with Gasteiger partial charge in [-0.3, -0.25) is 0 Å². The summed E-state index contributed by atoms with van der Waals surface area (Å²) in [6, 6.07) is 0. The predicted octanol–water partition coefficient (Wildman–Crippen LogP) is 6.39. The van der Waals surface area contributed by atoms with Crippen molar-refractivity contribution < 1.29 is 78.0 Å². The molecule has 0 rings (SSSR count). The van der Waals surface area contributed by atoms with E-state index in [1.165, 1.54) is 0 Å². The second-order valence-corrected chi connectivity index (χ2v) is 26.6. The maximum Gasteiger partial charge on any atom is 2.00 e. The van der Waals surface area contributed by atoms with Gasteiger partial charge in [0.05, 0.1) is 0 Å². The van der Waals surface area contributed by atoms with E-state index in [0.717, 1.165) is 51.4 Å². The summed E-state index contributed by atoms with van der Waals surface area (Å²) in [4.78, 5) is 48.6. The summed E-state index contributed by atoms with van der Waals surface area (Å²) in [6.45, 7) is 25.5. The Morgan fingerprint density at radius 2 is 0.537 bits per heavy atom. The van der Waals surface area contributed by atoms with Crippen LogP contribution in [0.2, 0.25) is 0 Å². The summed E-state index contributed by atoms with van der Waals surface area (Å²) in [5, 5.41) is 0.746. The topological polar surface area (TPSA) is 92.2 Å². The molecule has 0 aliphatic heterocycles. The summed E-state index contributed by atoms with van der Waals surface area (Å²) >= 11 is 9.80. The van der Waals surface area contributed by atoms with E-state index in [2.05, 4.69) is 83.1 Å². The minimum Gasteiger partial charge on any atom is -0.854 e. The molecule has 13 heteroatoms. The zero-order chi connectivity index (χ0) is 30.4. The van der Waals surface area contributed by atoms with Crippen LogP contribution >= 0.6 is 11.4 Å². The number of hydrogen-bond donors (Lipinski definition) is 0. The molecule has 4 atom stereocenters. The van der Waals surface area contributed by atoms with Crippen LogP contribution in [-0.4, -0.2) is 21.0 Å². The standard InChI is InChI=1S/2C14H30O2PS2.3Zn/c2*1-7-13(8-2)11(5)19(17(15,16)18)12(6)14(9-3)10-4;;;/h2*11-14H,7-10H2,1-6H3;;;/q2*-3;3*+2. The molecule has 0 amide bonds. The van der Waals surface area contributed by atoms with Crippen LogP contribution in [-0.2, 0) is 103 Å². The second-order valence-electron chi connectivity index (χ2n) is 10.7. The molecule has 0 spiro atoms. The monoisotopic (exact) mass is 842 g/mol.